The van der Waals surface area contributed by atoms with Crippen LogP contribution in [0.15, 0.2) is 65.0 Å². The van der Waals surface area contributed by atoms with E-state index < -0.39 is 35.0 Å². The Morgan fingerprint density at radius 1 is 0.944 bits per heavy atom. The van der Waals surface area contributed by atoms with Crippen molar-refractivity contribution in [2.75, 3.05) is 14.2 Å². The van der Waals surface area contributed by atoms with E-state index in [1.54, 1.807) is 11.1 Å². The number of nitrogens with zero attached hydrogens (tertiary/aromatic N) is 1. The zero-order chi connectivity index (χ0) is 26.6. The van der Waals surface area contributed by atoms with E-state index in [1.807, 2.05) is 78.0 Å². The molecule has 0 fully saturated rings. The number of hydrogen-bond acceptors (Lipinski definition) is 7. The van der Waals surface area contributed by atoms with Gasteiger partial charge in [0.25, 0.3) is 0 Å². The lowest BCUT2D eigenvalue weighted by Gasteiger charge is -2.51. The predicted molar refractivity (Wildman–Crippen MR) is 135 cm³/mol. The molecular weight excluding hydrogens is 458 g/mol. The summed E-state index contributed by atoms with van der Waals surface area (Å²) in [7, 11) is 2.46. The highest BCUT2D eigenvalue weighted by atomic mass is 16.6. The summed E-state index contributed by atoms with van der Waals surface area (Å²) < 4.78 is 17.1. The number of ether oxygens (including phenoxy) is 3. The fourth-order valence-electron chi connectivity index (χ4n) is 4.99. The Bertz CT molecular complexity index is 1270. The van der Waals surface area contributed by atoms with E-state index in [2.05, 4.69) is 0 Å². The molecule has 0 N–H and O–H groups in total. The molecule has 3 aliphatic rings. The first kappa shape index (κ1) is 25.6. The van der Waals surface area contributed by atoms with Crippen LogP contribution in [-0.4, -0.2) is 42.4 Å². The molecule has 1 aromatic carbocycles. The van der Waals surface area contributed by atoms with Crippen LogP contribution in [0.5, 0.6) is 0 Å². The molecule has 0 saturated heterocycles. The number of rotatable bonds is 2. The Balaban J connectivity index is 2.14. The number of esters is 2. The second kappa shape index (κ2) is 8.59. The van der Waals surface area contributed by atoms with E-state index in [0.717, 1.165) is 16.7 Å². The molecular formula is C29H33NO6. The maximum absolute atomic E-state index is 14.3. The lowest BCUT2D eigenvalue weighted by molar-refractivity contribution is -0.169. The van der Waals surface area contributed by atoms with Crippen molar-refractivity contribution in [3.63, 3.8) is 0 Å². The number of carbonyl (C=O) groups excluding carboxylic acids is 3. The molecule has 0 bridgehead atoms. The van der Waals surface area contributed by atoms with Gasteiger partial charge < -0.3 is 19.1 Å². The van der Waals surface area contributed by atoms with Crippen LogP contribution in [0.25, 0.3) is 6.08 Å². The summed E-state index contributed by atoms with van der Waals surface area (Å²) in [6.45, 7) is 11.9. The number of fused-ring (bicyclic) bond motifs is 3. The van der Waals surface area contributed by atoms with Gasteiger partial charge in [0.2, 0.25) is 0 Å². The normalized spacial score (nSPS) is 23.6. The van der Waals surface area contributed by atoms with Gasteiger partial charge in [-0.15, -0.1) is 0 Å². The third kappa shape index (κ3) is 3.82. The van der Waals surface area contributed by atoms with Crippen LogP contribution in [0.1, 0.15) is 58.9 Å². The molecule has 0 aromatic heterocycles. The van der Waals surface area contributed by atoms with Crippen LogP contribution >= 0.6 is 0 Å². The Kier molecular flexibility index (Phi) is 6.12. The van der Waals surface area contributed by atoms with E-state index in [0.29, 0.717) is 5.57 Å². The van der Waals surface area contributed by atoms with E-state index in [1.165, 1.54) is 20.3 Å². The molecule has 7 nitrogen and oxygen atoms in total. The van der Waals surface area contributed by atoms with Gasteiger partial charge in [-0.3, -0.25) is 4.79 Å². The maximum atomic E-state index is 14.3. The average molecular weight is 492 g/mol. The molecule has 0 radical (unpaired) electrons. The number of ketones is 1. The van der Waals surface area contributed by atoms with Crippen LogP contribution in [-0.2, 0) is 28.6 Å². The van der Waals surface area contributed by atoms with E-state index in [-0.39, 0.29) is 16.7 Å². The van der Waals surface area contributed by atoms with Gasteiger partial charge in [0.1, 0.15) is 11.3 Å². The second-order valence-electron chi connectivity index (χ2n) is 11.2. The van der Waals surface area contributed by atoms with Crippen molar-refractivity contribution in [1.82, 2.24) is 4.90 Å². The van der Waals surface area contributed by atoms with E-state index in [4.69, 9.17) is 14.2 Å². The fourth-order valence-corrected chi connectivity index (χ4v) is 4.99. The molecule has 2 atom stereocenters. The molecule has 1 aromatic rings. The molecule has 1 spiro atoms. The van der Waals surface area contributed by atoms with E-state index in [9.17, 15) is 14.4 Å². The highest BCUT2D eigenvalue weighted by molar-refractivity contribution is 6.15. The van der Waals surface area contributed by atoms with Gasteiger partial charge in [0.15, 0.2) is 17.6 Å². The van der Waals surface area contributed by atoms with Crippen molar-refractivity contribution >= 4 is 23.8 Å². The Hall–Kier alpha value is -3.45. The van der Waals surface area contributed by atoms with Gasteiger partial charge in [0.05, 0.1) is 14.2 Å². The number of benzene rings is 1. The summed E-state index contributed by atoms with van der Waals surface area (Å²) in [6, 6.07) is 7.58. The minimum Gasteiger partial charge on any atom is -0.465 e. The minimum absolute atomic E-state index is 0.0811. The summed E-state index contributed by atoms with van der Waals surface area (Å²) in [5.41, 5.74) is -0.0882. The van der Waals surface area contributed by atoms with Gasteiger partial charge in [-0.1, -0.05) is 71.9 Å². The van der Waals surface area contributed by atoms with Gasteiger partial charge in [-0.25, -0.2) is 9.59 Å². The molecule has 0 amide bonds. The van der Waals surface area contributed by atoms with Gasteiger partial charge >= 0.3 is 11.9 Å². The molecule has 4 rings (SSSR count). The number of methoxy groups -OCH3 is 2. The molecule has 1 aliphatic carbocycles. The van der Waals surface area contributed by atoms with Crippen LogP contribution in [0.4, 0.5) is 0 Å². The lowest BCUT2D eigenvalue weighted by Crippen LogP contribution is -2.58. The topological polar surface area (TPSA) is 82.1 Å². The van der Waals surface area contributed by atoms with Crippen molar-refractivity contribution < 1.29 is 28.6 Å². The molecule has 1 unspecified atom stereocenters. The van der Waals surface area contributed by atoms with Gasteiger partial charge in [-0.05, 0) is 39.7 Å². The van der Waals surface area contributed by atoms with Crippen molar-refractivity contribution in [1.29, 1.82) is 0 Å². The van der Waals surface area contributed by atoms with E-state index >= 15 is 0 Å². The molecule has 0 saturated carbocycles. The number of hydrogen-bond donors (Lipinski definition) is 0. The zero-order valence-corrected chi connectivity index (χ0v) is 22.1. The summed E-state index contributed by atoms with van der Waals surface area (Å²) in [5, 5.41) is 0. The SMILES string of the molecule is COC(=O)C1=C(C(=O)OC)C2(O[C@@H]3c4ccccc4C=CN13)C(=O)C=C(C(C)(C)C)C=C2C(C)(C)C. The van der Waals surface area contributed by atoms with Crippen molar-refractivity contribution in [3.05, 3.63) is 76.2 Å². The molecule has 2 aliphatic heterocycles. The highest BCUT2D eigenvalue weighted by Crippen LogP contribution is 2.54. The average Bonchev–Trinajstić information content (AvgIpc) is 2.82. The third-order valence-corrected chi connectivity index (χ3v) is 6.82. The highest BCUT2D eigenvalue weighted by Gasteiger charge is 2.61. The first-order valence-corrected chi connectivity index (χ1v) is 11.9. The monoisotopic (exact) mass is 491 g/mol. The predicted octanol–water partition coefficient (Wildman–Crippen LogP) is 4.87. The van der Waals surface area contributed by atoms with Crippen LogP contribution in [0.2, 0.25) is 0 Å². The Labute approximate surface area is 212 Å². The van der Waals surface area contributed by atoms with Crippen LogP contribution < -0.4 is 0 Å². The Morgan fingerprint density at radius 2 is 1.58 bits per heavy atom. The molecule has 190 valence electrons. The van der Waals surface area contributed by atoms with Gasteiger partial charge in [-0.2, -0.15) is 0 Å². The minimum atomic E-state index is -1.89. The summed E-state index contributed by atoms with van der Waals surface area (Å²) in [4.78, 5) is 42.6. The van der Waals surface area contributed by atoms with Gasteiger partial charge in [0, 0.05) is 11.8 Å². The van der Waals surface area contributed by atoms with Crippen molar-refractivity contribution in [3.8, 4) is 0 Å². The molecule has 2 heterocycles. The van der Waals surface area contributed by atoms with Crippen LogP contribution in [0, 0.1) is 10.8 Å². The molecule has 7 heteroatoms. The smallest absolute Gasteiger partial charge is 0.355 e. The molecule has 36 heavy (non-hydrogen) atoms. The third-order valence-electron chi connectivity index (χ3n) is 6.82. The first-order valence-electron chi connectivity index (χ1n) is 11.9. The van der Waals surface area contributed by atoms with Crippen LogP contribution in [0.3, 0.4) is 0 Å². The largest absolute Gasteiger partial charge is 0.465 e. The second-order valence-corrected chi connectivity index (χ2v) is 11.2. The fraction of sp³-hybridized carbons (Fsp3) is 0.414. The summed E-state index contributed by atoms with van der Waals surface area (Å²) in [5.74, 6) is -2.04. The summed E-state index contributed by atoms with van der Waals surface area (Å²) in [6.07, 6.45) is 6.09. The Morgan fingerprint density at radius 3 is 2.17 bits per heavy atom. The standard InChI is InChI=1S/C29H33NO6/c1-27(2,3)18-15-20(28(4,5)6)29(21(31)16-18)22(25(32)34-7)23(26(33)35-8)30-14-13-17-11-9-10-12-19(17)24(30)36-29/h9-16,24H,1-8H3/t24-,29?/m1/s1. The lowest BCUT2D eigenvalue weighted by atomic mass is 9.64. The first-order chi connectivity index (χ1) is 16.8. The zero-order valence-electron chi connectivity index (χ0n) is 22.1. The quantitative estimate of drug-likeness (QED) is 0.546. The summed E-state index contributed by atoms with van der Waals surface area (Å²) >= 11 is 0. The number of carbonyl (C=O) groups is 3. The van der Waals surface area contributed by atoms with Crippen molar-refractivity contribution in [2.45, 2.75) is 53.4 Å². The van der Waals surface area contributed by atoms with Crippen molar-refractivity contribution in [2.24, 2.45) is 10.8 Å². The maximum Gasteiger partial charge on any atom is 0.355 e. The number of allylic oxidation sites excluding steroid dienone is 2.